The van der Waals surface area contributed by atoms with Crippen molar-refractivity contribution in [3.05, 3.63) is 0 Å². The molecule has 2 aliphatic carbocycles. The molecule has 2 unspecified atom stereocenters. The lowest BCUT2D eigenvalue weighted by atomic mass is 9.72. The highest BCUT2D eigenvalue weighted by atomic mass is 15.2. The summed E-state index contributed by atoms with van der Waals surface area (Å²) in [5, 5.41) is 0. The lowest BCUT2D eigenvalue weighted by Gasteiger charge is -2.48. The summed E-state index contributed by atoms with van der Waals surface area (Å²) in [6.45, 7) is 7.85. The average molecular weight is 238 g/mol. The summed E-state index contributed by atoms with van der Waals surface area (Å²) in [4.78, 5) is 2.68. The molecule has 2 rings (SSSR count). The van der Waals surface area contributed by atoms with Gasteiger partial charge in [0.25, 0.3) is 0 Å². The molecule has 0 aromatic carbocycles. The monoisotopic (exact) mass is 238 g/mol. The summed E-state index contributed by atoms with van der Waals surface area (Å²) in [6, 6.07) is 0. The summed E-state index contributed by atoms with van der Waals surface area (Å²) in [5.74, 6) is 2.04. The summed E-state index contributed by atoms with van der Waals surface area (Å²) in [6.07, 6.45) is 9.82. The molecule has 0 aromatic rings. The standard InChI is InChI=1S/C15H30N2/c1-3-10-17(4-2)15(12-16)9-5-6-14(11-15)13-7-8-13/h13-14H,3-12,16H2,1-2H3. The van der Waals surface area contributed by atoms with Crippen molar-refractivity contribution < 1.29 is 0 Å². The second-order valence-corrected chi connectivity index (χ2v) is 6.20. The van der Waals surface area contributed by atoms with Crippen LogP contribution >= 0.6 is 0 Å². The van der Waals surface area contributed by atoms with E-state index in [-0.39, 0.29) is 0 Å². The predicted octanol–water partition coefficient (Wildman–Crippen LogP) is 3.02. The summed E-state index contributed by atoms with van der Waals surface area (Å²) in [5.41, 5.74) is 6.53. The molecule has 17 heavy (non-hydrogen) atoms. The average Bonchev–Trinajstić information content (AvgIpc) is 3.20. The first-order chi connectivity index (χ1) is 8.25. The van der Waals surface area contributed by atoms with Crippen LogP contribution in [0.1, 0.15) is 58.8 Å². The van der Waals surface area contributed by atoms with Gasteiger partial charge >= 0.3 is 0 Å². The molecule has 2 aliphatic rings. The van der Waals surface area contributed by atoms with Crippen LogP contribution in [-0.4, -0.2) is 30.1 Å². The van der Waals surface area contributed by atoms with Crippen molar-refractivity contribution in [2.75, 3.05) is 19.6 Å². The number of likely N-dealkylation sites (N-methyl/N-ethyl adjacent to an activating group) is 1. The third-order valence-electron chi connectivity index (χ3n) is 5.07. The lowest BCUT2D eigenvalue weighted by Crippen LogP contribution is -2.56. The number of nitrogens with two attached hydrogens (primary N) is 1. The van der Waals surface area contributed by atoms with Gasteiger partial charge in [0.05, 0.1) is 0 Å². The van der Waals surface area contributed by atoms with E-state index in [2.05, 4.69) is 18.7 Å². The smallest absolute Gasteiger partial charge is 0.0334 e. The second kappa shape index (κ2) is 5.71. The minimum atomic E-state index is 0.344. The molecule has 0 saturated heterocycles. The van der Waals surface area contributed by atoms with E-state index >= 15 is 0 Å². The largest absolute Gasteiger partial charge is 0.329 e. The Morgan fingerprint density at radius 2 is 1.94 bits per heavy atom. The van der Waals surface area contributed by atoms with Gasteiger partial charge in [0.2, 0.25) is 0 Å². The Morgan fingerprint density at radius 1 is 1.18 bits per heavy atom. The fourth-order valence-corrected chi connectivity index (χ4v) is 3.96. The molecule has 2 nitrogen and oxygen atoms in total. The van der Waals surface area contributed by atoms with E-state index < -0.39 is 0 Å². The minimum Gasteiger partial charge on any atom is -0.329 e. The molecule has 2 fully saturated rings. The van der Waals surface area contributed by atoms with E-state index in [4.69, 9.17) is 5.73 Å². The molecule has 0 amide bonds. The topological polar surface area (TPSA) is 29.3 Å². The van der Waals surface area contributed by atoms with Crippen LogP contribution in [0.15, 0.2) is 0 Å². The molecule has 0 aliphatic heterocycles. The van der Waals surface area contributed by atoms with Crippen LogP contribution in [0.25, 0.3) is 0 Å². The normalized spacial score (nSPS) is 34.2. The zero-order valence-electron chi connectivity index (χ0n) is 11.8. The summed E-state index contributed by atoms with van der Waals surface area (Å²) in [7, 11) is 0. The van der Waals surface area contributed by atoms with Crippen LogP contribution in [0.4, 0.5) is 0 Å². The van der Waals surface area contributed by atoms with Crippen molar-refractivity contribution >= 4 is 0 Å². The van der Waals surface area contributed by atoms with Crippen LogP contribution in [0.5, 0.6) is 0 Å². The molecule has 0 spiro atoms. The van der Waals surface area contributed by atoms with E-state index in [0.29, 0.717) is 5.54 Å². The highest BCUT2D eigenvalue weighted by Gasteiger charge is 2.43. The summed E-state index contributed by atoms with van der Waals surface area (Å²) >= 11 is 0. The first kappa shape index (κ1) is 13.4. The van der Waals surface area contributed by atoms with E-state index in [1.165, 1.54) is 58.0 Å². The van der Waals surface area contributed by atoms with Gasteiger partial charge in [-0.1, -0.05) is 26.7 Å². The van der Waals surface area contributed by atoms with Gasteiger partial charge in [-0.25, -0.2) is 0 Å². The van der Waals surface area contributed by atoms with Crippen molar-refractivity contribution in [1.82, 2.24) is 4.90 Å². The van der Waals surface area contributed by atoms with Crippen LogP contribution in [0.2, 0.25) is 0 Å². The first-order valence-electron chi connectivity index (χ1n) is 7.71. The molecule has 2 atom stereocenters. The SMILES string of the molecule is CCCN(CC)C1(CN)CCCC(C2CC2)C1. The summed E-state index contributed by atoms with van der Waals surface area (Å²) < 4.78 is 0. The van der Waals surface area contributed by atoms with Crippen LogP contribution < -0.4 is 5.73 Å². The van der Waals surface area contributed by atoms with Gasteiger partial charge in [-0.3, -0.25) is 4.90 Å². The van der Waals surface area contributed by atoms with Gasteiger partial charge in [0, 0.05) is 12.1 Å². The van der Waals surface area contributed by atoms with Crippen LogP contribution in [0, 0.1) is 11.8 Å². The maximum absolute atomic E-state index is 6.19. The first-order valence-corrected chi connectivity index (χ1v) is 7.71. The number of rotatable bonds is 6. The number of hydrogen-bond acceptors (Lipinski definition) is 2. The minimum absolute atomic E-state index is 0.344. The zero-order valence-corrected chi connectivity index (χ0v) is 11.8. The van der Waals surface area contributed by atoms with Crippen LogP contribution in [0.3, 0.4) is 0 Å². The van der Waals surface area contributed by atoms with Gasteiger partial charge in [0.1, 0.15) is 0 Å². The van der Waals surface area contributed by atoms with E-state index in [1.54, 1.807) is 0 Å². The zero-order chi connectivity index (χ0) is 12.3. The van der Waals surface area contributed by atoms with Gasteiger partial charge in [-0.05, 0) is 57.0 Å². The maximum atomic E-state index is 6.19. The maximum Gasteiger partial charge on any atom is 0.0334 e. The van der Waals surface area contributed by atoms with E-state index in [9.17, 15) is 0 Å². The molecule has 0 radical (unpaired) electrons. The molecule has 2 heteroatoms. The Hall–Kier alpha value is -0.0800. The highest BCUT2D eigenvalue weighted by Crippen LogP contribution is 2.47. The van der Waals surface area contributed by atoms with Crippen molar-refractivity contribution in [2.45, 2.75) is 64.3 Å². The second-order valence-electron chi connectivity index (χ2n) is 6.20. The van der Waals surface area contributed by atoms with Crippen molar-refractivity contribution in [2.24, 2.45) is 17.6 Å². The molecule has 2 saturated carbocycles. The van der Waals surface area contributed by atoms with Gasteiger partial charge in [0.15, 0.2) is 0 Å². The molecule has 0 heterocycles. The Bertz CT molecular complexity index is 237. The predicted molar refractivity (Wildman–Crippen MR) is 74.0 cm³/mol. The van der Waals surface area contributed by atoms with E-state index in [0.717, 1.165) is 18.4 Å². The fraction of sp³-hybridized carbons (Fsp3) is 1.00. The Morgan fingerprint density at radius 3 is 2.47 bits per heavy atom. The Kier molecular flexibility index (Phi) is 4.48. The van der Waals surface area contributed by atoms with Gasteiger partial charge in [-0.15, -0.1) is 0 Å². The van der Waals surface area contributed by atoms with Gasteiger partial charge < -0.3 is 5.73 Å². The molecule has 0 aromatic heterocycles. The van der Waals surface area contributed by atoms with Crippen molar-refractivity contribution in [3.63, 3.8) is 0 Å². The Balaban J connectivity index is 2.04. The lowest BCUT2D eigenvalue weighted by molar-refractivity contribution is 0.0348. The number of hydrogen-bond donors (Lipinski definition) is 1. The third-order valence-corrected chi connectivity index (χ3v) is 5.07. The van der Waals surface area contributed by atoms with Gasteiger partial charge in [-0.2, -0.15) is 0 Å². The molecular formula is C15H30N2. The fourth-order valence-electron chi connectivity index (χ4n) is 3.96. The molecular weight excluding hydrogens is 208 g/mol. The number of nitrogens with zero attached hydrogens (tertiary/aromatic N) is 1. The quantitative estimate of drug-likeness (QED) is 0.771. The van der Waals surface area contributed by atoms with Crippen LogP contribution in [-0.2, 0) is 0 Å². The molecule has 2 N–H and O–H groups in total. The molecule has 100 valence electrons. The highest BCUT2D eigenvalue weighted by molar-refractivity contribution is 4.99. The van der Waals surface area contributed by atoms with Crippen molar-refractivity contribution in [3.8, 4) is 0 Å². The van der Waals surface area contributed by atoms with Crippen molar-refractivity contribution in [1.29, 1.82) is 0 Å². The Labute approximate surface area is 107 Å². The van der Waals surface area contributed by atoms with E-state index in [1.807, 2.05) is 0 Å². The molecule has 0 bridgehead atoms. The third kappa shape index (κ3) is 2.85.